The van der Waals surface area contributed by atoms with Gasteiger partial charge in [-0.1, -0.05) is 0 Å². The van der Waals surface area contributed by atoms with Crippen molar-refractivity contribution in [3.63, 3.8) is 0 Å². The van der Waals surface area contributed by atoms with Gasteiger partial charge in [0.2, 0.25) is 0 Å². The Morgan fingerprint density at radius 3 is 2.24 bits per heavy atom. The third kappa shape index (κ3) is 2.24. The summed E-state index contributed by atoms with van der Waals surface area (Å²) in [7, 11) is 0. The van der Waals surface area contributed by atoms with E-state index in [2.05, 4.69) is 0 Å². The van der Waals surface area contributed by atoms with Crippen LogP contribution in [-0.2, 0) is 0 Å². The molecule has 2 aromatic carbocycles. The van der Waals surface area contributed by atoms with Crippen LogP contribution in [0.3, 0.4) is 0 Å². The van der Waals surface area contributed by atoms with Crippen molar-refractivity contribution in [2.45, 2.75) is 0 Å². The van der Waals surface area contributed by atoms with E-state index < -0.39 is 17.5 Å². The topological polar surface area (TPSA) is 32.3 Å². The van der Waals surface area contributed by atoms with Crippen LogP contribution in [0.25, 0.3) is 11.1 Å². The van der Waals surface area contributed by atoms with E-state index in [1.165, 1.54) is 12.1 Å². The van der Waals surface area contributed by atoms with Crippen LogP contribution >= 0.6 is 0 Å². The first-order chi connectivity index (χ1) is 8.11. The highest BCUT2D eigenvalue weighted by Crippen LogP contribution is 2.28. The van der Waals surface area contributed by atoms with Crippen LogP contribution in [0.4, 0.5) is 18.9 Å². The lowest BCUT2D eigenvalue weighted by Gasteiger charge is -2.07. The molecule has 0 saturated carbocycles. The lowest BCUT2D eigenvalue weighted by Crippen LogP contribution is -1.94. The van der Waals surface area contributed by atoms with Gasteiger partial charge in [0, 0.05) is 17.2 Å². The van der Waals surface area contributed by atoms with E-state index in [0.29, 0.717) is 6.07 Å². The van der Waals surface area contributed by atoms with Crippen LogP contribution in [0.5, 0.6) is 0 Å². The molecule has 5 heteroatoms. The summed E-state index contributed by atoms with van der Waals surface area (Å²) in [4.78, 5) is 0. The molecular weight excluding hydrogens is 231 g/mol. The minimum Gasteiger partial charge on any atom is -0.291 e. The fourth-order valence-electron chi connectivity index (χ4n) is 1.51. The molecule has 0 aliphatic carbocycles. The van der Waals surface area contributed by atoms with E-state index in [0.717, 1.165) is 18.2 Å². The van der Waals surface area contributed by atoms with Crippen LogP contribution in [0.1, 0.15) is 0 Å². The number of nitrogens with one attached hydrogen (secondary N) is 1. The molecule has 88 valence electrons. The standard InChI is InChI=1S/C12H8F3NO/c13-7-1-3-9(12(15)5-7)10-6-8(16-17)2-4-11(10)14/h1-6,16-17H. The molecule has 0 heterocycles. The normalized spacial score (nSPS) is 10.4. The maximum absolute atomic E-state index is 13.5. The van der Waals surface area contributed by atoms with Gasteiger partial charge in [-0.15, -0.1) is 0 Å². The molecule has 0 amide bonds. The zero-order chi connectivity index (χ0) is 12.4. The average Bonchev–Trinajstić information content (AvgIpc) is 2.30. The Morgan fingerprint density at radius 2 is 1.59 bits per heavy atom. The molecule has 2 N–H and O–H groups in total. The van der Waals surface area contributed by atoms with Crippen molar-refractivity contribution in [3.05, 3.63) is 53.8 Å². The Kier molecular flexibility index (Phi) is 3.01. The summed E-state index contributed by atoms with van der Waals surface area (Å²) >= 11 is 0. The van der Waals surface area contributed by atoms with E-state index in [1.807, 2.05) is 5.48 Å². The summed E-state index contributed by atoms with van der Waals surface area (Å²) in [6.07, 6.45) is 0. The maximum atomic E-state index is 13.5. The third-order valence-corrected chi connectivity index (χ3v) is 2.32. The molecule has 0 bridgehead atoms. The monoisotopic (exact) mass is 239 g/mol. The Hall–Kier alpha value is -2.01. The molecule has 2 rings (SSSR count). The van der Waals surface area contributed by atoms with Crippen LogP contribution in [-0.4, -0.2) is 5.21 Å². The SMILES string of the molecule is ONc1ccc(F)c(-c2ccc(F)cc2F)c1. The Labute approximate surface area is 95.3 Å². The number of hydrogen-bond donors (Lipinski definition) is 2. The minimum atomic E-state index is -0.862. The summed E-state index contributed by atoms with van der Waals surface area (Å²) < 4.78 is 39.7. The highest BCUT2D eigenvalue weighted by Gasteiger charge is 2.11. The van der Waals surface area contributed by atoms with Crippen molar-refractivity contribution in [3.8, 4) is 11.1 Å². The second-order valence-corrected chi connectivity index (χ2v) is 3.43. The van der Waals surface area contributed by atoms with Crippen LogP contribution in [0.2, 0.25) is 0 Å². The molecule has 0 saturated heterocycles. The largest absolute Gasteiger partial charge is 0.291 e. The van der Waals surface area contributed by atoms with Gasteiger partial charge in [0.1, 0.15) is 17.5 Å². The maximum Gasteiger partial charge on any atom is 0.134 e. The highest BCUT2D eigenvalue weighted by molar-refractivity contribution is 5.69. The summed E-state index contributed by atoms with van der Waals surface area (Å²) in [5.74, 6) is -2.25. The lowest BCUT2D eigenvalue weighted by molar-refractivity contribution is 0.389. The van der Waals surface area contributed by atoms with Crippen LogP contribution in [0.15, 0.2) is 36.4 Å². The molecule has 2 aromatic rings. The Balaban J connectivity index is 2.59. The molecule has 0 fully saturated rings. The Morgan fingerprint density at radius 1 is 0.824 bits per heavy atom. The lowest BCUT2D eigenvalue weighted by atomic mass is 10.0. The first kappa shape index (κ1) is 11.5. The number of halogens is 3. The Bertz CT molecular complexity index is 557. The van der Waals surface area contributed by atoms with Gasteiger partial charge in [0.15, 0.2) is 0 Å². The van der Waals surface area contributed by atoms with E-state index in [-0.39, 0.29) is 16.8 Å². The molecule has 0 aliphatic heterocycles. The summed E-state index contributed by atoms with van der Waals surface area (Å²) in [5, 5.41) is 8.69. The van der Waals surface area contributed by atoms with Gasteiger partial charge in [-0.3, -0.25) is 10.7 Å². The minimum absolute atomic E-state index is 0.0541. The number of hydrogen-bond acceptors (Lipinski definition) is 2. The predicted octanol–water partition coefficient (Wildman–Crippen LogP) is 3.57. The van der Waals surface area contributed by atoms with Crippen molar-refractivity contribution in [1.82, 2.24) is 0 Å². The zero-order valence-electron chi connectivity index (χ0n) is 8.55. The van der Waals surface area contributed by atoms with Gasteiger partial charge >= 0.3 is 0 Å². The van der Waals surface area contributed by atoms with Crippen molar-refractivity contribution >= 4 is 5.69 Å². The van der Waals surface area contributed by atoms with Crippen LogP contribution in [0, 0.1) is 17.5 Å². The second kappa shape index (κ2) is 4.47. The quantitative estimate of drug-likeness (QED) is 0.785. The molecule has 0 atom stereocenters. The summed E-state index contributed by atoms with van der Waals surface area (Å²) in [5.41, 5.74) is 1.92. The average molecular weight is 239 g/mol. The van der Waals surface area contributed by atoms with Crippen molar-refractivity contribution in [2.75, 3.05) is 5.48 Å². The van der Waals surface area contributed by atoms with E-state index >= 15 is 0 Å². The highest BCUT2D eigenvalue weighted by atomic mass is 19.1. The molecule has 0 unspecified atom stereocenters. The fraction of sp³-hybridized carbons (Fsp3) is 0. The van der Waals surface area contributed by atoms with Crippen LogP contribution < -0.4 is 5.48 Å². The van der Waals surface area contributed by atoms with Gasteiger partial charge in [0.05, 0.1) is 5.69 Å². The third-order valence-electron chi connectivity index (χ3n) is 2.32. The van der Waals surface area contributed by atoms with E-state index in [1.54, 1.807) is 0 Å². The van der Waals surface area contributed by atoms with Gasteiger partial charge in [0.25, 0.3) is 0 Å². The fourth-order valence-corrected chi connectivity index (χ4v) is 1.51. The molecule has 2 nitrogen and oxygen atoms in total. The molecular formula is C12H8F3NO. The van der Waals surface area contributed by atoms with Crippen molar-refractivity contribution in [1.29, 1.82) is 0 Å². The summed E-state index contributed by atoms with van der Waals surface area (Å²) in [6.45, 7) is 0. The molecule has 0 radical (unpaired) electrons. The number of benzene rings is 2. The van der Waals surface area contributed by atoms with E-state index in [4.69, 9.17) is 5.21 Å². The van der Waals surface area contributed by atoms with Gasteiger partial charge in [-0.2, -0.15) is 0 Å². The molecule has 17 heavy (non-hydrogen) atoms. The first-order valence-electron chi connectivity index (χ1n) is 4.77. The molecule has 0 aliphatic rings. The molecule has 0 spiro atoms. The van der Waals surface area contributed by atoms with E-state index in [9.17, 15) is 13.2 Å². The molecule has 0 aromatic heterocycles. The van der Waals surface area contributed by atoms with Crippen molar-refractivity contribution < 1.29 is 18.4 Å². The van der Waals surface area contributed by atoms with Gasteiger partial charge in [-0.05, 0) is 30.3 Å². The smallest absolute Gasteiger partial charge is 0.134 e. The van der Waals surface area contributed by atoms with Gasteiger partial charge < -0.3 is 0 Å². The first-order valence-corrected chi connectivity index (χ1v) is 4.77. The number of rotatable bonds is 2. The zero-order valence-corrected chi connectivity index (χ0v) is 8.55. The predicted molar refractivity (Wildman–Crippen MR) is 57.2 cm³/mol. The van der Waals surface area contributed by atoms with Crippen molar-refractivity contribution in [2.24, 2.45) is 0 Å². The second-order valence-electron chi connectivity index (χ2n) is 3.43. The number of anilines is 1. The summed E-state index contributed by atoms with van der Waals surface area (Å²) in [6, 6.07) is 6.46. The van der Waals surface area contributed by atoms with Gasteiger partial charge in [-0.25, -0.2) is 13.2 Å².